The molecule has 0 atom stereocenters. The van der Waals surface area contributed by atoms with E-state index in [9.17, 15) is 8.42 Å². The van der Waals surface area contributed by atoms with Gasteiger partial charge in [-0.2, -0.15) is 0 Å². The second-order valence-electron chi connectivity index (χ2n) is 4.21. The average molecular weight is 259 g/mol. The largest absolute Gasteiger partial charge is 0.252 e. The Kier molecular flexibility index (Phi) is 5.61. The van der Waals surface area contributed by atoms with Crippen molar-refractivity contribution in [3.63, 3.8) is 0 Å². The van der Waals surface area contributed by atoms with E-state index >= 15 is 0 Å². The number of rotatable bonds is 8. The molecule has 0 aromatic carbocycles. The molecule has 0 spiro atoms. The maximum absolute atomic E-state index is 11.4. The molecular weight excluding hydrogens is 238 g/mol. The van der Waals surface area contributed by atoms with Gasteiger partial charge in [-0.1, -0.05) is 38.3 Å². The van der Waals surface area contributed by atoms with Crippen LogP contribution in [0.5, 0.6) is 0 Å². The topological polar surface area (TPSA) is 64.8 Å². The molecule has 1 aromatic heterocycles. The quantitative estimate of drug-likeness (QED) is 0.668. The van der Waals surface area contributed by atoms with Crippen molar-refractivity contribution in [3.8, 4) is 0 Å². The number of aromatic nitrogens is 3. The van der Waals surface area contributed by atoms with E-state index in [1.807, 2.05) is 0 Å². The maximum atomic E-state index is 11.4. The van der Waals surface area contributed by atoms with Crippen LogP contribution in [-0.2, 0) is 22.1 Å². The van der Waals surface area contributed by atoms with Crippen LogP contribution in [0.2, 0.25) is 0 Å². The van der Waals surface area contributed by atoms with Crippen molar-refractivity contribution in [2.75, 3.05) is 5.75 Å². The summed E-state index contributed by atoms with van der Waals surface area (Å²) in [5, 5.41) is 7.82. The Bertz CT molecular complexity index is 426. The molecule has 0 unspecified atom stereocenters. The predicted molar refractivity (Wildman–Crippen MR) is 67.3 cm³/mol. The molecule has 0 aliphatic carbocycles. The number of sulfone groups is 1. The predicted octanol–water partition coefficient (Wildman–Crippen LogP) is 1.79. The Hall–Kier alpha value is -0.910. The van der Waals surface area contributed by atoms with Gasteiger partial charge in [0.15, 0.2) is 9.84 Å². The van der Waals surface area contributed by atoms with E-state index in [2.05, 4.69) is 17.2 Å². The molecule has 0 fully saturated rings. The van der Waals surface area contributed by atoms with Gasteiger partial charge in [0.05, 0.1) is 11.4 Å². The molecule has 0 aliphatic heterocycles. The summed E-state index contributed by atoms with van der Waals surface area (Å²) < 4.78 is 24.5. The lowest BCUT2D eigenvalue weighted by atomic mass is 10.2. The van der Waals surface area contributed by atoms with E-state index in [0.29, 0.717) is 5.69 Å². The fourth-order valence-corrected chi connectivity index (χ4v) is 2.33. The van der Waals surface area contributed by atoms with Crippen LogP contribution >= 0.6 is 0 Å². The molecule has 98 valence electrons. The van der Waals surface area contributed by atoms with Crippen LogP contribution in [0.25, 0.3) is 0 Å². The van der Waals surface area contributed by atoms with Crippen molar-refractivity contribution in [3.05, 3.63) is 11.9 Å². The zero-order valence-corrected chi connectivity index (χ0v) is 11.4. The van der Waals surface area contributed by atoms with E-state index in [1.54, 1.807) is 17.8 Å². The summed E-state index contributed by atoms with van der Waals surface area (Å²) in [6, 6.07) is 0. The molecule has 0 saturated carbocycles. The molecule has 0 aliphatic rings. The first-order valence-corrected chi connectivity index (χ1v) is 7.99. The monoisotopic (exact) mass is 259 g/mol. The number of hydrogen-bond donors (Lipinski definition) is 0. The van der Waals surface area contributed by atoms with Crippen molar-refractivity contribution in [1.29, 1.82) is 0 Å². The zero-order chi connectivity index (χ0) is 12.7. The Labute approximate surface area is 103 Å². The molecule has 0 bridgehead atoms. The van der Waals surface area contributed by atoms with Crippen LogP contribution in [0, 0.1) is 0 Å². The van der Waals surface area contributed by atoms with Crippen molar-refractivity contribution >= 4 is 9.84 Å². The van der Waals surface area contributed by atoms with E-state index in [4.69, 9.17) is 0 Å². The fourth-order valence-electron chi connectivity index (χ4n) is 1.54. The highest BCUT2D eigenvalue weighted by Gasteiger charge is 2.11. The van der Waals surface area contributed by atoms with Gasteiger partial charge in [-0.3, -0.25) is 4.68 Å². The Morgan fingerprint density at radius 3 is 2.65 bits per heavy atom. The Morgan fingerprint density at radius 1 is 1.24 bits per heavy atom. The van der Waals surface area contributed by atoms with Crippen molar-refractivity contribution < 1.29 is 8.42 Å². The molecule has 1 heterocycles. The maximum Gasteiger partial charge on any atom is 0.155 e. The second kappa shape index (κ2) is 6.74. The van der Waals surface area contributed by atoms with Crippen LogP contribution < -0.4 is 0 Å². The smallest absolute Gasteiger partial charge is 0.155 e. The van der Waals surface area contributed by atoms with Gasteiger partial charge in [0.1, 0.15) is 0 Å². The summed E-state index contributed by atoms with van der Waals surface area (Å²) in [5.74, 6) is 0.148. The molecule has 5 nitrogen and oxygen atoms in total. The lowest BCUT2D eigenvalue weighted by molar-refractivity contribution is 0.527. The minimum atomic E-state index is -3.00. The van der Waals surface area contributed by atoms with Crippen LogP contribution in [-0.4, -0.2) is 29.2 Å². The third-order valence-electron chi connectivity index (χ3n) is 2.63. The molecular formula is C11H21N3O2S. The van der Waals surface area contributed by atoms with Gasteiger partial charge in [-0.25, -0.2) is 8.42 Å². The van der Waals surface area contributed by atoms with Crippen LogP contribution in [0.4, 0.5) is 0 Å². The third kappa shape index (κ3) is 5.30. The summed E-state index contributed by atoms with van der Waals surface area (Å²) >= 11 is 0. The number of nitrogens with zero attached hydrogens (tertiary/aromatic N) is 3. The number of unbranched alkanes of at least 4 members (excludes halogenated alkanes) is 3. The average Bonchev–Trinajstić information content (AvgIpc) is 2.71. The summed E-state index contributed by atoms with van der Waals surface area (Å²) in [4.78, 5) is 0. The Balaban J connectivity index is 2.43. The summed E-state index contributed by atoms with van der Waals surface area (Å²) in [6.45, 7) is 4.63. The van der Waals surface area contributed by atoms with E-state index < -0.39 is 9.84 Å². The number of hydrogen-bond acceptors (Lipinski definition) is 4. The normalized spacial score (nSPS) is 11.9. The van der Waals surface area contributed by atoms with E-state index in [-0.39, 0.29) is 11.5 Å². The second-order valence-corrected chi connectivity index (χ2v) is 6.56. The molecule has 0 amide bonds. The van der Waals surface area contributed by atoms with Gasteiger partial charge in [0.25, 0.3) is 0 Å². The molecule has 17 heavy (non-hydrogen) atoms. The first-order chi connectivity index (χ1) is 8.07. The highest BCUT2D eigenvalue weighted by atomic mass is 32.2. The third-order valence-corrected chi connectivity index (χ3v) is 4.25. The molecule has 6 heteroatoms. The van der Waals surface area contributed by atoms with Crippen LogP contribution in [0.3, 0.4) is 0 Å². The van der Waals surface area contributed by atoms with Crippen LogP contribution in [0.15, 0.2) is 6.20 Å². The molecule has 0 saturated heterocycles. The van der Waals surface area contributed by atoms with E-state index in [1.165, 1.54) is 19.3 Å². The molecule has 1 rings (SSSR count). The summed E-state index contributed by atoms with van der Waals surface area (Å²) in [7, 11) is -3.00. The van der Waals surface area contributed by atoms with Gasteiger partial charge in [0, 0.05) is 18.5 Å². The van der Waals surface area contributed by atoms with Gasteiger partial charge in [-0.05, 0) is 6.42 Å². The fraction of sp³-hybridized carbons (Fsp3) is 0.818. The first-order valence-electron chi connectivity index (χ1n) is 6.17. The van der Waals surface area contributed by atoms with Gasteiger partial charge >= 0.3 is 0 Å². The molecule has 1 aromatic rings. The summed E-state index contributed by atoms with van der Waals surface area (Å²) in [6.07, 6.45) is 6.42. The zero-order valence-electron chi connectivity index (χ0n) is 10.6. The SMILES string of the molecule is CCCCCCn1cc(CS(=O)(=O)CC)nn1. The van der Waals surface area contributed by atoms with Crippen molar-refractivity contribution in [1.82, 2.24) is 15.0 Å². The van der Waals surface area contributed by atoms with Gasteiger partial charge in [0.2, 0.25) is 0 Å². The minimum absolute atomic E-state index is 0.00153. The molecule has 0 radical (unpaired) electrons. The van der Waals surface area contributed by atoms with E-state index in [0.717, 1.165) is 13.0 Å². The minimum Gasteiger partial charge on any atom is -0.252 e. The molecule has 0 N–H and O–H groups in total. The van der Waals surface area contributed by atoms with Crippen molar-refractivity contribution in [2.24, 2.45) is 0 Å². The summed E-state index contributed by atoms with van der Waals surface area (Å²) in [5.41, 5.74) is 0.544. The lowest BCUT2D eigenvalue weighted by Gasteiger charge is -1.99. The highest BCUT2D eigenvalue weighted by molar-refractivity contribution is 7.90. The standard InChI is InChI=1S/C11H21N3O2S/c1-3-5-6-7-8-14-9-11(12-13-14)10-17(15,16)4-2/h9H,3-8,10H2,1-2H3. The number of aryl methyl sites for hydroxylation is 1. The highest BCUT2D eigenvalue weighted by Crippen LogP contribution is 2.05. The Morgan fingerprint density at radius 2 is 2.00 bits per heavy atom. The van der Waals surface area contributed by atoms with Crippen molar-refractivity contribution in [2.45, 2.75) is 51.8 Å². The van der Waals surface area contributed by atoms with Gasteiger partial charge in [-0.15, -0.1) is 5.10 Å². The van der Waals surface area contributed by atoms with Gasteiger partial charge < -0.3 is 0 Å². The van der Waals surface area contributed by atoms with Crippen LogP contribution in [0.1, 0.15) is 45.2 Å². The lowest BCUT2D eigenvalue weighted by Crippen LogP contribution is -2.06. The first kappa shape index (κ1) is 14.2.